The molecule has 0 aliphatic heterocycles. The summed E-state index contributed by atoms with van der Waals surface area (Å²) in [5, 5.41) is 3.93. The molecule has 1 amide bonds. The van der Waals surface area contributed by atoms with Gasteiger partial charge in [-0.2, -0.15) is 5.10 Å². The number of nitrogens with zero attached hydrogens (tertiary/aromatic N) is 5. The van der Waals surface area contributed by atoms with Crippen molar-refractivity contribution in [2.24, 2.45) is 7.05 Å². The normalized spacial score (nSPS) is 11.8. The van der Waals surface area contributed by atoms with E-state index in [0.717, 1.165) is 11.8 Å². The number of sulfone groups is 1. The fourth-order valence-electron chi connectivity index (χ4n) is 2.51. The molecule has 0 unspecified atom stereocenters. The maximum absolute atomic E-state index is 12.7. The summed E-state index contributed by atoms with van der Waals surface area (Å²) < 4.78 is 26.9. The Morgan fingerprint density at radius 1 is 1.33 bits per heavy atom. The summed E-state index contributed by atoms with van der Waals surface area (Å²) in [4.78, 5) is 18.3. The number of aromatic nitrogens is 4. The summed E-state index contributed by atoms with van der Waals surface area (Å²) in [6, 6.07) is 5.10. The highest BCUT2D eigenvalue weighted by Crippen LogP contribution is 2.18. The number of carbonyl (C=O) groups is 1. The van der Waals surface area contributed by atoms with Gasteiger partial charge in [0.25, 0.3) is 5.91 Å². The van der Waals surface area contributed by atoms with Gasteiger partial charge in [-0.3, -0.25) is 13.9 Å². The summed E-state index contributed by atoms with van der Waals surface area (Å²) in [6.07, 6.45) is 6.15. The van der Waals surface area contributed by atoms with Crippen molar-refractivity contribution in [2.45, 2.75) is 11.7 Å². The summed E-state index contributed by atoms with van der Waals surface area (Å²) >= 11 is 0. The zero-order chi connectivity index (χ0) is 17.5. The number of rotatable bonds is 4. The summed E-state index contributed by atoms with van der Waals surface area (Å²) in [6.45, 7) is 0.354. The molecule has 0 radical (unpaired) electrons. The molecule has 0 spiro atoms. The van der Waals surface area contributed by atoms with E-state index in [2.05, 4.69) is 10.1 Å². The van der Waals surface area contributed by atoms with Crippen LogP contribution in [-0.2, 0) is 23.4 Å². The third kappa shape index (κ3) is 2.90. The van der Waals surface area contributed by atoms with Crippen molar-refractivity contribution in [1.29, 1.82) is 0 Å². The van der Waals surface area contributed by atoms with Crippen LogP contribution in [0.5, 0.6) is 0 Å². The van der Waals surface area contributed by atoms with E-state index < -0.39 is 9.84 Å². The van der Waals surface area contributed by atoms with Gasteiger partial charge in [-0.25, -0.2) is 13.4 Å². The van der Waals surface area contributed by atoms with Gasteiger partial charge in [0.05, 0.1) is 11.7 Å². The zero-order valence-corrected chi connectivity index (χ0v) is 14.4. The topological polar surface area (TPSA) is 89.6 Å². The molecule has 3 aromatic heterocycles. The average Bonchev–Trinajstić information content (AvgIpc) is 3.09. The molecule has 0 aliphatic rings. The number of hydrogen-bond donors (Lipinski definition) is 0. The van der Waals surface area contributed by atoms with E-state index in [9.17, 15) is 13.2 Å². The molecule has 0 atom stereocenters. The van der Waals surface area contributed by atoms with E-state index >= 15 is 0 Å². The molecule has 0 bridgehead atoms. The van der Waals surface area contributed by atoms with Crippen molar-refractivity contribution >= 4 is 21.3 Å². The lowest BCUT2D eigenvalue weighted by molar-refractivity contribution is 0.0781. The Kier molecular flexibility index (Phi) is 3.88. The second kappa shape index (κ2) is 5.75. The highest BCUT2D eigenvalue weighted by atomic mass is 32.2. The predicted octanol–water partition coefficient (Wildman–Crippen LogP) is 0.743. The third-order valence-corrected chi connectivity index (χ3v) is 4.53. The zero-order valence-electron chi connectivity index (χ0n) is 13.5. The quantitative estimate of drug-likeness (QED) is 0.694. The molecular formula is C15H17N5O3S. The van der Waals surface area contributed by atoms with Crippen molar-refractivity contribution in [2.75, 3.05) is 13.3 Å². The van der Waals surface area contributed by atoms with E-state index in [1.54, 1.807) is 49.4 Å². The maximum Gasteiger partial charge on any atom is 0.274 e. The molecule has 0 aromatic carbocycles. The first-order valence-corrected chi connectivity index (χ1v) is 9.06. The average molecular weight is 347 g/mol. The van der Waals surface area contributed by atoms with Crippen molar-refractivity contribution in [3.05, 3.63) is 48.0 Å². The molecule has 8 nitrogen and oxygen atoms in total. The minimum atomic E-state index is -3.56. The standard InChI is InChI=1S/C15H17N5O3S/c1-18(9-11-8-16-19(2)10-11)14(21)13-12-6-4-5-7-20(12)15(17-13)24(3,22)23/h4-8,10H,9H2,1-3H3. The second-order valence-corrected chi connectivity index (χ2v) is 7.56. The summed E-state index contributed by atoms with van der Waals surface area (Å²) in [5.41, 5.74) is 1.45. The number of pyridine rings is 1. The van der Waals surface area contributed by atoms with Crippen LogP contribution in [0.15, 0.2) is 41.9 Å². The monoisotopic (exact) mass is 347 g/mol. The van der Waals surface area contributed by atoms with Gasteiger partial charge in [-0.1, -0.05) is 6.07 Å². The fourth-order valence-corrected chi connectivity index (χ4v) is 3.28. The highest BCUT2D eigenvalue weighted by molar-refractivity contribution is 7.90. The SMILES string of the molecule is CN(Cc1cnn(C)c1)C(=O)c1nc(S(C)(=O)=O)n2ccccc12. The molecule has 0 fully saturated rings. The van der Waals surface area contributed by atoms with Gasteiger partial charge in [0.15, 0.2) is 5.69 Å². The lowest BCUT2D eigenvalue weighted by atomic mass is 10.2. The van der Waals surface area contributed by atoms with E-state index in [1.165, 1.54) is 9.30 Å². The van der Waals surface area contributed by atoms with Gasteiger partial charge < -0.3 is 4.90 Å². The largest absolute Gasteiger partial charge is 0.336 e. The number of hydrogen-bond acceptors (Lipinski definition) is 5. The van der Waals surface area contributed by atoms with Gasteiger partial charge in [0.2, 0.25) is 15.0 Å². The lowest BCUT2D eigenvalue weighted by Crippen LogP contribution is -2.26. The molecule has 24 heavy (non-hydrogen) atoms. The van der Waals surface area contributed by atoms with Crippen LogP contribution in [0.1, 0.15) is 16.1 Å². The van der Waals surface area contributed by atoms with Gasteiger partial charge >= 0.3 is 0 Å². The molecule has 0 saturated carbocycles. The number of amides is 1. The minimum absolute atomic E-state index is 0.113. The molecule has 3 heterocycles. The molecule has 0 aliphatic carbocycles. The third-order valence-electron chi connectivity index (χ3n) is 3.58. The number of imidazole rings is 1. The van der Waals surface area contributed by atoms with Gasteiger partial charge in [-0.05, 0) is 12.1 Å². The molecule has 9 heteroatoms. The van der Waals surface area contributed by atoms with E-state index in [-0.39, 0.29) is 16.8 Å². The highest BCUT2D eigenvalue weighted by Gasteiger charge is 2.24. The Hall–Kier alpha value is -2.68. The van der Waals surface area contributed by atoms with Crippen LogP contribution < -0.4 is 0 Å². The Morgan fingerprint density at radius 2 is 2.08 bits per heavy atom. The van der Waals surface area contributed by atoms with Crippen LogP contribution in [0.2, 0.25) is 0 Å². The Morgan fingerprint density at radius 3 is 2.71 bits per heavy atom. The van der Waals surface area contributed by atoms with E-state index in [4.69, 9.17) is 0 Å². The number of aryl methyl sites for hydroxylation is 1. The molecule has 3 aromatic rings. The second-order valence-electron chi connectivity index (χ2n) is 5.65. The summed E-state index contributed by atoms with van der Waals surface area (Å²) in [5.74, 6) is -0.350. The van der Waals surface area contributed by atoms with Crippen LogP contribution in [0.25, 0.3) is 5.52 Å². The molecule has 126 valence electrons. The number of fused-ring (bicyclic) bond motifs is 1. The molecule has 0 N–H and O–H groups in total. The van der Waals surface area contributed by atoms with Crippen molar-refractivity contribution in [1.82, 2.24) is 24.1 Å². The first-order valence-electron chi connectivity index (χ1n) is 7.17. The van der Waals surface area contributed by atoms with Gasteiger partial charge in [0, 0.05) is 44.9 Å². The van der Waals surface area contributed by atoms with Gasteiger partial charge in [-0.15, -0.1) is 0 Å². The lowest BCUT2D eigenvalue weighted by Gasteiger charge is -2.14. The van der Waals surface area contributed by atoms with Crippen molar-refractivity contribution < 1.29 is 13.2 Å². The molecular weight excluding hydrogens is 330 g/mol. The smallest absolute Gasteiger partial charge is 0.274 e. The Balaban J connectivity index is 2.01. The fraction of sp³-hybridized carbons (Fsp3) is 0.267. The van der Waals surface area contributed by atoms with Gasteiger partial charge in [0.1, 0.15) is 0 Å². The Labute approximate surface area is 139 Å². The first kappa shape index (κ1) is 16.2. The van der Waals surface area contributed by atoms with Crippen molar-refractivity contribution in [3.63, 3.8) is 0 Å². The van der Waals surface area contributed by atoms with E-state index in [1.807, 2.05) is 6.20 Å². The van der Waals surface area contributed by atoms with Crippen LogP contribution >= 0.6 is 0 Å². The first-order chi connectivity index (χ1) is 11.3. The Bertz CT molecular complexity index is 1020. The van der Waals surface area contributed by atoms with Crippen LogP contribution in [0, 0.1) is 0 Å². The molecule has 0 saturated heterocycles. The minimum Gasteiger partial charge on any atom is -0.336 e. The van der Waals surface area contributed by atoms with E-state index in [0.29, 0.717) is 12.1 Å². The van der Waals surface area contributed by atoms with Crippen LogP contribution in [-0.4, -0.2) is 51.7 Å². The predicted molar refractivity (Wildman–Crippen MR) is 87.3 cm³/mol. The number of carbonyl (C=O) groups excluding carboxylic acids is 1. The van der Waals surface area contributed by atoms with Crippen LogP contribution in [0.4, 0.5) is 0 Å². The van der Waals surface area contributed by atoms with Crippen molar-refractivity contribution in [3.8, 4) is 0 Å². The van der Waals surface area contributed by atoms with Crippen LogP contribution in [0.3, 0.4) is 0 Å². The summed E-state index contributed by atoms with van der Waals surface area (Å²) in [7, 11) is -0.115. The maximum atomic E-state index is 12.7. The molecule has 3 rings (SSSR count).